The summed E-state index contributed by atoms with van der Waals surface area (Å²) < 4.78 is 23.7. The fourth-order valence-electron chi connectivity index (χ4n) is 1.32. The molecule has 1 saturated heterocycles. The van der Waals surface area contributed by atoms with Gasteiger partial charge in [0.2, 0.25) is 21.9 Å². The van der Waals surface area contributed by atoms with Gasteiger partial charge in [-0.1, -0.05) is 0 Å². The second-order valence-electron chi connectivity index (χ2n) is 3.85. The molecule has 104 valence electrons. The van der Waals surface area contributed by atoms with Gasteiger partial charge in [-0.2, -0.15) is 0 Å². The maximum atomic E-state index is 11.8. The zero-order valence-electron chi connectivity index (χ0n) is 10.00. The van der Waals surface area contributed by atoms with Crippen LogP contribution < -0.4 is 16.2 Å². The quantitative estimate of drug-likeness (QED) is 0.395. The number of thioether (sulfide) groups is 1. The molecule has 0 aromatic heterocycles. The van der Waals surface area contributed by atoms with Crippen molar-refractivity contribution in [2.24, 2.45) is 16.5 Å². The Balaban J connectivity index is 2.46. The molecule has 1 unspecified atom stereocenters. The SMILES string of the molecule is CS(=O)(=O)NC(N)=NCC(N)C(=O)N1CCSC1. The number of sulfonamides is 1. The molecule has 1 heterocycles. The lowest BCUT2D eigenvalue weighted by Crippen LogP contribution is -2.45. The fourth-order valence-corrected chi connectivity index (χ4v) is 2.72. The monoisotopic (exact) mass is 295 g/mol. The molecule has 1 amide bonds. The lowest BCUT2D eigenvalue weighted by atomic mass is 10.3. The Morgan fingerprint density at radius 3 is 2.78 bits per heavy atom. The van der Waals surface area contributed by atoms with Gasteiger partial charge in [0.15, 0.2) is 0 Å². The number of hydrogen-bond donors (Lipinski definition) is 3. The van der Waals surface area contributed by atoms with Crippen LogP contribution in [0.25, 0.3) is 0 Å². The van der Waals surface area contributed by atoms with Crippen molar-refractivity contribution in [3.63, 3.8) is 0 Å². The number of rotatable bonds is 4. The first-order valence-corrected chi connectivity index (χ1v) is 8.24. The Labute approximate surface area is 110 Å². The van der Waals surface area contributed by atoms with Crippen LogP contribution in [0, 0.1) is 0 Å². The number of hydrogen-bond acceptors (Lipinski definition) is 6. The molecule has 1 aliphatic heterocycles. The Bertz CT molecular complexity index is 430. The first-order valence-electron chi connectivity index (χ1n) is 5.19. The number of aliphatic imine (C=N–C) groups is 1. The van der Waals surface area contributed by atoms with Gasteiger partial charge in [0.05, 0.1) is 18.7 Å². The van der Waals surface area contributed by atoms with E-state index in [9.17, 15) is 13.2 Å². The molecular formula is C8H17N5O3S2. The second-order valence-corrected chi connectivity index (χ2v) is 6.67. The summed E-state index contributed by atoms with van der Waals surface area (Å²) in [6.07, 6.45) is 0.960. The molecule has 18 heavy (non-hydrogen) atoms. The van der Waals surface area contributed by atoms with Gasteiger partial charge in [-0.15, -0.1) is 11.8 Å². The molecule has 0 aliphatic carbocycles. The minimum atomic E-state index is -3.45. The fraction of sp³-hybridized carbons (Fsp3) is 0.750. The predicted molar refractivity (Wildman–Crippen MR) is 71.5 cm³/mol. The van der Waals surface area contributed by atoms with Crippen LogP contribution in [0.4, 0.5) is 0 Å². The van der Waals surface area contributed by atoms with Crippen molar-refractivity contribution in [1.29, 1.82) is 0 Å². The first-order chi connectivity index (χ1) is 8.29. The average molecular weight is 295 g/mol. The Kier molecular flexibility index (Phi) is 5.23. The van der Waals surface area contributed by atoms with Gasteiger partial charge < -0.3 is 16.4 Å². The van der Waals surface area contributed by atoms with Crippen LogP contribution >= 0.6 is 11.8 Å². The van der Waals surface area contributed by atoms with E-state index < -0.39 is 16.1 Å². The summed E-state index contributed by atoms with van der Waals surface area (Å²) in [6, 6.07) is -0.802. The third-order valence-corrected chi connectivity index (χ3v) is 3.68. The van der Waals surface area contributed by atoms with Gasteiger partial charge >= 0.3 is 0 Å². The van der Waals surface area contributed by atoms with Gasteiger partial charge in [0.25, 0.3) is 0 Å². The number of carbonyl (C=O) groups is 1. The zero-order chi connectivity index (χ0) is 13.8. The number of guanidine groups is 1. The molecule has 10 heteroatoms. The van der Waals surface area contributed by atoms with E-state index in [1.807, 2.05) is 4.72 Å². The van der Waals surface area contributed by atoms with Crippen LogP contribution in [0.3, 0.4) is 0 Å². The third kappa shape index (κ3) is 5.10. The number of nitrogens with zero attached hydrogens (tertiary/aromatic N) is 2. The third-order valence-electron chi connectivity index (χ3n) is 2.13. The molecule has 0 aromatic carbocycles. The molecule has 1 aliphatic rings. The molecule has 1 atom stereocenters. The Morgan fingerprint density at radius 2 is 2.28 bits per heavy atom. The van der Waals surface area contributed by atoms with E-state index in [1.165, 1.54) is 0 Å². The zero-order valence-corrected chi connectivity index (χ0v) is 11.6. The van der Waals surface area contributed by atoms with Crippen molar-refractivity contribution in [2.45, 2.75) is 6.04 Å². The summed E-state index contributed by atoms with van der Waals surface area (Å²) in [6.45, 7) is 0.631. The largest absolute Gasteiger partial charge is 0.369 e. The Morgan fingerprint density at radius 1 is 1.61 bits per heavy atom. The molecule has 1 fully saturated rings. The normalized spacial score (nSPS) is 18.8. The second kappa shape index (κ2) is 6.25. The van der Waals surface area contributed by atoms with E-state index in [0.717, 1.165) is 12.0 Å². The Hall–Kier alpha value is -1.00. The molecular weight excluding hydrogens is 278 g/mol. The number of carbonyl (C=O) groups excluding carboxylic acids is 1. The topological polar surface area (TPSA) is 131 Å². The van der Waals surface area contributed by atoms with Crippen molar-refractivity contribution >= 4 is 33.7 Å². The van der Waals surface area contributed by atoms with Crippen LogP contribution in [-0.2, 0) is 14.8 Å². The van der Waals surface area contributed by atoms with Crippen LogP contribution in [0.2, 0.25) is 0 Å². The summed E-state index contributed by atoms with van der Waals surface area (Å²) in [5.74, 6) is 1.07. The van der Waals surface area contributed by atoms with Crippen LogP contribution in [-0.4, -0.2) is 62.2 Å². The lowest BCUT2D eigenvalue weighted by Gasteiger charge is -2.18. The predicted octanol–water partition coefficient (Wildman–Crippen LogP) is -2.29. The van der Waals surface area contributed by atoms with E-state index in [1.54, 1.807) is 16.7 Å². The summed E-state index contributed by atoms with van der Waals surface area (Å²) >= 11 is 1.66. The highest BCUT2D eigenvalue weighted by Gasteiger charge is 2.23. The van der Waals surface area contributed by atoms with Crippen molar-refractivity contribution in [1.82, 2.24) is 9.62 Å². The van der Waals surface area contributed by atoms with Gasteiger partial charge in [0.1, 0.15) is 6.04 Å². The highest BCUT2D eigenvalue weighted by molar-refractivity contribution is 7.99. The molecule has 0 spiro atoms. The highest BCUT2D eigenvalue weighted by Crippen LogP contribution is 2.13. The van der Waals surface area contributed by atoms with Gasteiger partial charge in [0, 0.05) is 12.3 Å². The molecule has 0 saturated carbocycles. The summed E-state index contributed by atoms with van der Waals surface area (Å²) in [5.41, 5.74) is 11.0. The van der Waals surface area contributed by atoms with E-state index in [4.69, 9.17) is 11.5 Å². The van der Waals surface area contributed by atoms with Crippen molar-refractivity contribution in [2.75, 3.05) is 31.0 Å². The molecule has 0 bridgehead atoms. The first kappa shape index (κ1) is 15.1. The van der Waals surface area contributed by atoms with E-state index in [-0.39, 0.29) is 18.4 Å². The average Bonchev–Trinajstić information content (AvgIpc) is 2.75. The van der Waals surface area contributed by atoms with E-state index in [2.05, 4.69) is 4.99 Å². The van der Waals surface area contributed by atoms with Crippen molar-refractivity contribution < 1.29 is 13.2 Å². The summed E-state index contributed by atoms with van der Waals surface area (Å²) in [7, 11) is -3.45. The lowest BCUT2D eigenvalue weighted by molar-refractivity contribution is -0.130. The number of amides is 1. The van der Waals surface area contributed by atoms with Crippen LogP contribution in [0.1, 0.15) is 0 Å². The maximum absolute atomic E-state index is 11.8. The maximum Gasteiger partial charge on any atom is 0.242 e. The minimum absolute atomic E-state index is 0.0473. The summed E-state index contributed by atoms with van der Waals surface area (Å²) in [5, 5.41) is 0. The van der Waals surface area contributed by atoms with Crippen LogP contribution in [0.15, 0.2) is 4.99 Å². The van der Waals surface area contributed by atoms with Gasteiger partial charge in [-0.3, -0.25) is 14.5 Å². The molecule has 0 radical (unpaired) electrons. The van der Waals surface area contributed by atoms with E-state index >= 15 is 0 Å². The van der Waals surface area contributed by atoms with Crippen molar-refractivity contribution in [3.8, 4) is 0 Å². The highest BCUT2D eigenvalue weighted by atomic mass is 32.2. The van der Waals surface area contributed by atoms with E-state index in [0.29, 0.717) is 12.4 Å². The minimum Gasteiger partial charge on any atom is -0.369 e. The van der Waals surface area contributed by atoms with Crippen molar-refractivity contribution in [3.05, 3.63) is 0 Å². The molecule has 1 rings (SSSR count). The van der Waals surface area contributed by atoms with Gasteiger partial charge in [-0.25, -0.2) is 8.42 Å². The van der Waals surface area contributed by atoms with Gasteiger partial charge in [-0.05, 0) is 0 Å². The summed E-state index contributed by atoms with van der Waals surface area (Å²) in [4.78, 5) is 17.2. The van der Waals surface area contributed by atoms with Crippen LogP contribution in [0.5, 0.6) is 0 Å². The number of nitrogens with one attached hydrogen (secondary N) is 1. The molecule has 5 N–H and O–H groups in total. The standard InChI is InChI=1S/C8H17N5O3S2/c1-18(15,16)12-8(10)11-4-6(9)7(14)13-2-3-17-5-13/h6H,2-5,9H2,1H3,(H3,10,11,12). The number of nitrogens with two attached hydrogens (primary N) is 2. The molecule has 0 aromatic rings. The smallest absolute Gasteiger partial charge is 0.242 e. The molecule has 8 nitrogen and oxygen atoms in total.